The van der Waals surface area contributed by atoms with E-state index in [0.29, 0.717) is 0 Å². The molecule has 0 aliphatic carbocycles. The van der Waals surface area contributed by atoms with Crippen molar-refractivity contribution in [2.24, 2.45) is 0 Å². The summed E-state index contributed by atoms with van der Waals surface area (Å²) in [6.07, 6.45) is 5.34. The number of H-pyrrole nitrogens is 1. The monoisotopic (exact) mass is 246 g/mol. The van der Waals surface area contributed by atoms with Crippen molar-refractivity contribution in [3.63, 3.8) is 0 Å². The molecule has 0 radical (unpaired) electrons. The summed E-state index contributed by atoms with van der Waals surface area (Å²) in [5, 5.41) is 11.0. The molecular formula is C11H10N4OS. The van der Waals surface area contributed by atoms with Crippen LogP contribution < -0.4 is 0 Å². The van der Waals surface area contributed by atoms with Crippen molar-refractivity contribution in [1.82, 2.24) is 19.4 Å². The summed E-state index contributed by atoms with van der Waals surface area (Å²) >= 11 is 1.41. The van der Waals surface area contributed by atoms with Gasteiger partial charge in [0.2, 0.25) is 0 Å². The van der Waals surface area contributed by atoms with E-state index in [9.17, 15) is 5.11 Å². The number of imidazole rings is 2. The minimum Gasteiger partial charge on any atom is -0.390 e. The average molecular weight is 246 g/mol. The summed E-state index contributed by atoms with van der Waals surface area (Å²) in [5.74, 6) is 0. The van der Waals surface area contributed by atoms with Crippen LogP contribution in [-0.4, -0.2) is 24.5 Å². The Bertz CT molecular complexity index is 632. The number of nitrogens with one attached hydrogen (secondary N) is 1. The van der Waals surface area contributed by atoms with Crippen LogP contribution in [0.5, 0.6) is 0 Å². The maximum Gasteiger partial charge on any atom is 0.171 e. The molecule has 3 aromatic rings. The molecule has 6 heteroatoms. The number of aliphatic hydroxyl groups is 1. The molecule has 0 aliphatic heterocycles. The summed E-state index contributed by atoms with van der Waals surface area (Å²) in [4.78, 5) is 11.6. The first-order valence-electron chi connectivity index (χ1n) is 5.12. The van der Waals surface area contributed by atoms with E-state index in [-0.39, 0.29) is 6.61 Å². The summed E-state index contributed by atoms with van der Waals surface area (Å²) in [6.45, 7) is -0.0474. The molecule has 3 aromatic heterocycles. The van der Waals surface area contributed by atoms with Gasteiger partial charge < -0.3 is 14.5 Å². The van der Waals surface area contributed by atoms with Crippen LogP contribution in [0, 0.1) is 0 Å². The molecule has 0 spiro atoms. The predicted octanol–water partition coefficient (Wildman–Crippen LogP) is 1.70. The van der Waals surface area contributed by atoms with Crippen molar-refractivity contribution in [2.45, 2.75) is 16.8 Å². The average Bonchev–Trinajstić information content (AvgIpc) is 2.96. The Hall–Kier alpha value is -1.79. The molecule has 3 heterocycles. The lowest BCUT2D eigenvalue weighted by molar-refractivity contribution is 0.272. The molecule has 0 aliphatic rings. The molecule has 0 saturated heterocycles. The maximum atomic E-state index is 9.43. The van der Waals surface area contributed by atoms with Gasteiger partial charge in [-0.25, -0.2) is 9.97 Å². The van der Waals surface area contributed by atoms with Crippen LogP contribution in [-0.2, 0) is 6.61 Å². The van der Waals surface area contributed by atoms with Crippen molar-refractivity contribution < 1.29 is 5.11 Å². The summed E-state index contributed by atoms with van der Waals surface area (Å²) in [5.41, 5.74) is 1.60. The highest BCUT2D eigenvalue weighted by atomic mass is 32.2. The lowest BCUT2D eigenvalue weighted by atomic mass is 10.4. The maximum absolute atomic E-state index is 9.43. The van der Waals surface area contributed by atoms with E-state index in [4.69, 9.17) is 0 Å². The zero-order valence-electron chi connectivity index (χ0n) is 8.87. The molecule has 17 heavy (non-hydrogen) atoms. The second-order valence-electron chi connectivity index (χ2n) is 3.45. The highest BCUT2D eigenvalue weighted by Gasteiger charge is 2.12. The SMILES string of the molecule is OCc1c(Sc2ncc[nH]2)nc2ccccn12. The van der Waals surface area contributed by atoms with Gasteiger partial charge in [0.1, 0.15) is 10.7 Å². The number of fused-ring (bicyclic) bond motifs is 1. The third kappa shape index (κ3) is 1.81. The fourth-order valence-corrected chi connectivity index (χ4v) is 2.49. The van der Waals surface area contributed by atoms with E-state index in [1.54, 1.807) is 12.4 Å². The second kappa shape index (κ2) is 4.23. The highest BCUT2D eigenvalue weighted by Crippen LogP contribution is 2.27. The Balaban J connectivity index is 2.09. The largest absolute Gasteiger partial charge is 0.390 e. The molecule has 0 bridgehead atoms. The van der Waals surface area contributed by atoms with Crippen molar-refractivity contribution in [1.29, 1.82) is 0 Å². The quantitative estimate of drug-likeness (QED) is 0.738. The van der Waals surface area contributed by atoms with E-state index in [1.807, 2.05) is 28.8 Å². The molecular weight excluding hydrogens is 236 g/mol. The summed E-state index contributed by atoms with van der Waals surface area (Å²) in [6, 6.07) is 5.74. The number of rotatable bonds is 3. The minimum absolute atomic E-state index is 0.0474. The topological polar surface area (TPSA) is 66.2 Å². The fourth-order valence-electron chi connectivity index (χ4n) is 1.65. The molecule has 5 nitrogen and oxygen atoms in total. The molecule has 2 N–H and O–H groups in total. The van der Waals surface area contributed by atoms with Crippen LogP contribution >= 0.6 is 11.8 Å². The molecule has 0 amide bonds. The Labute approximate surface area is 102 Å². The van der Waals surface area contributed by atoms with E-state index in [0.717, 1.165) is 21.5 Å². The number of aliphatic hydroxyl groups excluding tert-OH is 1. The standard InChI is InChI=1S/C11H10N4OS/c16-7-8-10(17-11-12-4-5-13-11)14-9-3-1-2-6-15(8)9/h1-6,16H,7H2,(H,12,13). The van der Waals surface area contributed by atoms with Gasteiger partial charge in [-0.05, 0) is 23.9 Å². The number of pyridine rings is 1. The van der Waals surface area contributed by atoms with Crippen LogP contribution in [0.1, 0.15) is 5.69 Å². The molecule has 0 fully saturated rings. The van der Waals surface area contributed by atoms with Gasteiger partial charge in [-0.1, -0.05) is 6.07 Å². The fraction of sp³-hybridized carbons (Fsp3) is 0.0909. The number of hydrogen-bond donors (Lipinski definition) is 2. The van der Waals surface area contributed by atoms with Gasteiger partial charge in [0.05, 0.1) is 12.3 Å². The smallest absolute Gasteiger partial charge is 0.171 e. The normalized spacial score (nSPS) is 11.1. The van der Waals surface area contributed by atoms with Crippen LogP contribution in [0.15, 0.2) is 47.0 Å². The summed E-state index contributed by atoms with van der Waals surface area (Å²) < 4.78 is 1.88. The van der Waals surface area contributed by atoms with Gasteiger partial charge in [0, 0.05) is 18.6 Å². The Morgan fingerprint density at radius 2 is 2.35 bits per heavy atom. The van der Waals surface area contributed by atoms with Crippen molar-refractivity contribution >= 4 is 17.4 Å². The van der Waals surface area contributed by atoms with Crippen molar-refractivity contribution in [3.05, 3.63) is 42.5 Å². The third-order valence-corrected chi connectivity index (χ3v) is 3.35. The second-order valence-corrected chi connectivity index (χ2v) is 4.42. The van der Waals surface area contributed by atoms with Gasteiger partial charge >= 0.3 is 0 Å². The number of nitrogens with zero attached hydrogens (tertiary/aromatic N) is 3. The number of aromatic nitrogens is 4. The van der Waals surface area contributed by atoms with E-state index in [2.05, 4.69) is 15.0 Å². The molecule has 0 saturated carbocycles. The number of aromatic amines is 1. The molecule has 0 atom stereocenters. The van der Waals surface area contributed by atoms with E-state index < -0.39 is 0 Å². The van der Waals surface area contributed by atoms with Gasteiger partial charge in [-0.3, -0.25) is 0 Å². The third-order valence-electron chi connectivity index (χ3n) is 2.41. The predicted molar refractivity (Wildman–Crippen MR) is 63.8 cm³/mol. The van der Waals surface area contributed by atoms with Gasteiger partial charge in [-0.15, -0.1) is 0 Å². The van der Waals surface area contributed by atoms with Crippen molar-refractivity contribution in [2.75, 3.05) is 0 Å². The van der Waals surface area contributed by atoms with Gasteiger partial charge in [-0.2, -0.15) is 0 Å². The van der Waals surface area contributed by atoms with E-state index >= 15 is 0 Å². The first-order chi connectivity index (χ1) is 8.38. The van der Waals surface area contributed by atoms with Crippen LogP contribution in [0.4, 0.5) is 0 Å². The minimum atomic E-state index is -0.0474. The molecule has 0 aromatic carbocycles. The van der Waals surface area contributed by atoms with E-state index in [1.165, 1.54) is 11.8 Å². The molecule has 0 unspecified atom stereocenters. The first kappa shape index (κ1) is 10.4. The number of hydrogen-bond acceptors (Lipinski definition) is 4. The zero-order chi connectivity index (χ0) is 11.7. The van der Waals surface area contributed by atoms with Crippen molar-refractivity contribution in [3.8, 4) is 0 Å². The highest BCUT2D eigenvalue weighted by molar-refractivity contribution is 7.99. The molecule has 3 rings (SSSR count). The lowest BCUT2D eigenvalue weighted by Crippen LogP contribution is -1.92. The van der Waals surface area contributed by atoms with Crippen LogP contribution in [0.3, 0.4) is 0 Å². The zero-order valence-corrected chi connectivity index (χ0v) is 9.68. The van der Waals surface area contributed by atoms with Gasteiger partial charge in [0.15, 0.2) is 5.16 Å². The lowest BCUT2D eigenvalue weighted by Gasteiger charge is -1.98. The molecule has 86 valence electrons. The van der Waals surface area contributed by atoms with Crippen LogP contribution in [0.2, 0.25) is 0 Å². The van der Waals surface area contributed by atoms with Gasteiger partial charge in [0.25, 0.3) is 0 Å². The Morgan fingerprint density at radius 3 is 3.12 bits per heavy atom. The Kier molecular flexibility index (Phi) is 2.58. The summed E-state index contributed by atoms with van der Waals surface area (Å²) in [7, 11) is 0. The Morgan fingerprint density at radius 1 is 1.41 bits per heavy atom. The van der Waals surface area contributed by atoms with Crippen LogP contribution in [0.25, 0.3) is 5.65 Å². The first-order valence-corrected chi connectivity index (χ1v) is 5.94.